The lowest BCUT2D eigenvalue weighted by molar-refractivity contribution is 0.0641. The summed E-state index contributed by atoms with van der Waals surface area (Å²) in [6.45, 7) is 11.8. The smallest absolute Gasteiger partial charge is 0.317 e. The van der Waals surface area contributed by atoms with Gasteiger partial charge >= 0.3 is 6.03 Å². The first-order chi connectivity index (χ1) is 8.97. The summed E-state index contributed by atoms with van der Waals surface area (Å²) < 4.78 is 5.31. The van der Waals surface area contributed by atoms with Crippen molar-refractivity contribution in [1.82, 2.24) is 15.1 Å². The second-order valence-electron chi connectivity index (χ2n) is 6.48. The molecule has 0 atom stereocenters. The van der Waals surface area contributed by atoms with Crippen molar-refractivity contribution in [3.63, 3.8) is 0 Å². The van der Waals surface area contributed by atoms with Crippen LogP contribution in [-0.2, 0) is 4.74 Å². The van der Waals surface area contributed by atoms with Gasteiger partial charge in [0.2, 0.25) is 0 Å². The van der Waals surface area contributed by atoms with Crippen molar-refractivity contribution in [1.29, 1.82) is 0 Å². The number of nitrogens with one attached hydrogen (secondary N) is 1. The first kappa shape index (κ1) is 14.6. The van der Waals surface area contributed by atoms with E-state index in [4.69, 9.17) is 4.74 Å². The molecule has 5 nitrogen and oxygen atoms in total. The summed E-state index contributed by atoms with van der Waals surface area (Å²) in [6.07, 6.45) is 1.88. The maximum absolute atomic E-state index is 12.2. The molecule has 0 spiro atoms. The molecule has 1 N–H and O–H groups in total. The lowest BCUT2D eigenvalue weighted by Crippen LogP contribution is -2.57. The van der Waals surface area contributed by atoms with Gasteiger partial charge in [-0.2, -0.15) is 0 Å². The molecule has 0 aliphatic carbocycles. The second-order valence-corrected chi connectivity index (χ2v) is 6.48. The molecule has 0 aromatic rings. The van der Waals surface area contributed by atoms with Crippen LogP contribution in [0.3, 0.4) is 0 Å². The zero-order chi connectivity index (χ0) is 13.9. The minimum atomic E-state index is 0.0976. The molecule has 2 rings (SSSR count). The van der Waals surface area contributed by atoms with Crippen molar-refractivity contribution in [3.05, 3.63) is 0 Å². The van der Waals surface area contributed by atoms with E-state index < -0.39 is 0 Å². The highest BCUT2D eigenvalue weighted by Crippen LogP contribution is 2.16. The van der Waals surface area contributed by atoms with E-state index in [9.17, 15) is 4.79 Å². The first-order valence-electron chi connectivity index (χ1n) is 7.35. The van der Waals surface area contributed by atoms with Crippen molar-refractivity contribution >= 4 is 6.03 Å². The molecule has 2 fully saturated rings. The van der Waals surface area contributed by atoms with Gasteiger partial charge in [-0.1, -0.05) is 0 Å². The number of ether oxygens (including phenoxy) is 1. The number of carbonyl (C=O) groups excluding carboxylic acids is 1. The number of nitrogens with zero attached hydrogens (tertiary/aromatic N) is 2. The molecular formula is C14H27N3O2. The monoisotopic (exact) mass is 269 g/mol. The van der Waals surface area contributed by atoms with Crippen molar-refractivity contribution in [2.24, 2.45) is 0 Å². The molecule has 110 valence electrons. The predicted molar refractivity (Wildman–Crippen MR) is 75.3 cm³/mol. The van der Waals surface area contributed by atoms with E-state index in [0.29, 0.717) is 6.04 Å². The predicted octanol–water partition coefficient (Wildman–Crippen LogP) is 1.29. The van der Waals surface area contributed by atoms with Crippen LogP contribution in [0.5, 0.6) is 0 Å². The summed E-state index contributed by atoms with van der Waals surface area (Å²) >= 11 is 0. The topological polar surface area (TPSA) is 44.8 Å². The normalized spacial score (nSPS) is 23.4. The number of urea groups is 1. The Morgan fingerprint density at radius 3 is 2.21 bits per heavy atom. The minimum absolute atomic E-state index is 0.0976. The summed E-state index contributed by atoms with van der Waals surface area (Å²) in [7, 11) is 0. The maximum atomic E-state index is 12.2. The van der Waals surface area contributed by atoms with Crippen molar-refractivity contribution in [2.75, 3.05) is 39.4 Å². The van der Waals surface area contributed by atoms with Crippen LogP contribution in [-0.4, -0.2) is 66.8 Å². The molecule has 0 radical (unpaired) electrons. The average Bonchev–Trinajstić information content (AvgIpc) is 2.39. The summed E-state index contributed by atoms with van der Waals surface area (Å²) in [4.78, 5) is 16.6. The van der Waals surface area contributed by atoms with Crippen LogP contribution in [0.1, 0.15) is 33.6 Å². The van der Waals surface area contributed by atoms with E-state index in [1.165, 1.54) is 0 Å². The third-order valence-electron chi connectivity index (χ3n) is 4.06. The van der Waals surface area contributed by atoms with E-state index in [1.54, 1.807) is 0 Å². The van der Waals surface area contributed by atoms with Crippen molar-refractivity contribution in [2.45, 2.75) is 45.2 Å². The molecule has 2 amide bonds. The fourth-order valence-electron chi connectivity index (χ4n) is 2.69. The molecule has 0 bridgehead atoms. The zero-order valence-corrected chi connectivity index (χ0v) is 12.4. The molecule has 19 heavy (non-hydrogen) atoms. The largest absolute Gasteiger partial charge is 0.381 e. The Morgan fingerprint density at radius 2 is 1.68 bits per heavy atom. The van der Waals surface area contributed by atoms with Gasteiger partial charge in [-0.3, -0.25) is 4.90 Å². The van der Waals surface area contributed by atoms with Gasteiger partial charge in [0.15, 0.2) is 0 Å². The van der Waals surface area contributed by atoms with Gasteiger partial charge in [-0.15, -0.1) is 0 Å². The van der Waals surface area contributed by atoms with Crippen LogP contribution in [0.25, 0.3) is 0 Å². The molecule has 0 aromatic carbocycles. The number of carbonyl (C=O) groups is 1. The van der Waals surface area contributed by atoms with E-state index >= 15 is 0 Å². The van der Waals surface area contributed by atoms with Crippen molar-refractivity contribution < 1.29 is 9.53 Å². The Bertz CT molecular complexity index is 300. The molecule has 0 aromatic heterocycles. The second kappa shape index (κ2) is 6.09. The molecule has 5 heteroatoms. The fourth-order valence-corrected chi connectivity index (χ4v) is 2.69. The fraction of sp³-hybridized carbons (Fsp3) is 0.929. The first-order valence-corrected chi connectivity index (χ1v) is 7.35. The van der Waals surface area contributed by atoms with Crippen LogP contribution >= 0.6 is 0 Å². The number of hydrogen-bond acceptors (Lipinski definition) is 3. The van der Waals surface area contributed by atoms with Crippen molar-refractivity contribution in [3.8, 4) is 0 Å². The highest BCUT2D eigenvalue weighted by molar-refractivity contribution is 5.74. The Hall–Kier alpha value is -0.810. The molecule has 2 heterocycles. The Morgan fingerprint density at radius 1 is 1.11 bits per heavy atom. The number of amides is 2. The van der Waals surface area contributed by atoms with Gasteiger partial charge in [0.25, 0.3) is 0 Å². The summed E-state index contributed by atoms with van der Waals surface area (Å²) in [6, 6.07) is 0.391. The molecule has 2 aliphatic heterocycles. The van der Waals surface area contributed by atoms with Gasteiger partial charge in [0, 0.05) is 51.0 Å². The third-order valence-corrected chi connectivity index (χ3v) is 4.06. The lowest BCUT2D eigenvalue weighted by atomic mass is 10.1. The highest BCUT2D eigenvalue weighted by atomic mass is 16.5. The number of hydrogen-bond donors (Lipinski definition) is 1. The SMILES string of the molecule is CC(C)(C)N1CCN(C(=O)NC2CCOCC2)CC1. The third kappa shape index (κ3) is 4.08. The standard InChI is InChI=1S/C14H27N3O2/c1-14(2,3)17-8-6-16(7-9-17)13(18)15-12-4-10-19-11-5-12/h12H,4-11H2,1-3H3,(H,15,18). The van der Waals surface area contributed by atoms with Crippen LogP contribution < -0.4 is 5.32 Å². The molecule has 2 aliphatic rings. The zero-order valence-electron chi connectivity index (χ0n) is 12.4. The van der Waals surface area contributed by atoms with Gasteiger partial charge in [-0.25, -0.2) is 4.79 Å². The summed E-state index contributed by atoms with van der Waals surface area (Å²) in [5.74, 6) is 0. The quantitative estimate of drug-likeness (QED) is 0.780. The average molecular weight is 269 g/mol. The van der Waals surface area contributed by atoms with Gasteiger partial charge in [-0.05, 0) is 33.6 Å². The van der Waals surface area contributed by atoms with E-state index in [1.807, 2.05) is 4.90 Å². The van der Waals surface area contributed by atoms with E-state index in [0.717, 1.165) is 52.2 Å². The van der Waals surface area contributed by atoms with Crippen LogP contribution in [0.2, 0.25) is 0 Å². The highest BCUT2D eigenvalue weighted by Gasteiger charge is 2.28. The minimum Gasteiger partial charge on any atom is -0.381 e. The lowest BCUT2D eigenvalue weighted by Gasteiger charge is -2.42. The van der Waals surface area contributed by atoms with Crippen LogP contribution in [0.4, 0.5) is 4.79 Å². The Labute approximate surface area is 116 Å². The number of piperazine rings is 1. The summed E-state index contributed by atoms with van der Waals surface area (Å²) in [5.41, 5.74) is 0.198. The summed E-state index contributed by atoms with van der Waals surface area (Å²) in [5, 5.41) is 3.13. The Kier molecular flexibility index (Phi) is 4.68. The van der Waals surface area contributed by atoms with Crippen LogP contribution in [0, 0.1) is 0 Å². The van der Waals surface area contributed by atoms with Gasteiger partial charge < -0.3 is 15.0 Å². The van der Waals surface area contributed by atoms with E-state index in [-0.39, 0.29) is 11.6 Å². The van der Waals surface area contributed by atoms with Gasteiger partial charge in [0.05, 0.1) is 0 Å². The molecular weight excluding hydrogens is 242 g/mol. The Balaban J connectivity index is 1.76. The van der Waals surface area contributed by atoms with E-state index in [2.05, 4.69) is 31.0 Å². The molecule has 0 unspecified atom stereocenters. The van der Waals surface area contributed by atoms with Gasteiger partial charge in [0.1, 0.15) is 0 Å². The number of rotatable bonds is 1. The van der Waals surface area contributed by atoms with Crippen LogP contribution in [0.15, 0.2) is 0 Å². The molecule has 2 saturated heterocycles. The molecule has 0 saturated carbocycles. The maximum Gasteiger partial charge on any atom is 0.317 e.